The quantitative estimate of drug-likeness (QED) is 0.805. The predicted octanol–water partition coefficient (Wildman–Crippen LogP) is 4.91. The van der Waals surface area contributed by atoms with Gasteiger partial charge in [0.05, 0.1) is 0 Å². The fourth-order valence-corrected chi connectivity index (χ4v) is 3.61. The van der Waals surface area contributed by atoms with Crippen molar-refractivity contribution in [2.75, 3.05) is 5.32 Å². The Morgan fingerprint density at radius 2 is 2.15 bits per heavy atom. The Balaban J connectivity index is 1.81. The first-order valence-corrected chi connectivity index (χ1v) is 7.23. The van der Waals surface area contributed by atoms with E-state index in [1.807, 2.05) is 19.1 Å². The van der Waals surface area contributed by atoms with E-state index in [0.717, 1.165) is 34.3 Å². The lowest BCUT2D eigenvalue weighted by molar-refractivity contribution is 0.476. The van der Waals surface area contributed by atoms with Gasteiger partial charge in [-0.3, -0.25) is 0 Å². The van der Waals surface area contributed by atoms with Crippen molar-refractivity contribution in [1.82, 2.24) is 0 Å². The number of hydrogen-bond acceptors (Lipinski definition) is 2. The van der Waals surface area contributed by atoms with Crippen LogP contribution >= 0.6 is 11.6 Å². The molecule has 0 saturated heterocycles. The number of allylic oxidation sites excluding steroid dienone is 1. The smallest absolute Gasteiger partial charge is 0.108 e. The first-order chi connectivity index (χ1) is 9.52. The third kappa shape index (κ3) is 1.40. The maximum absolute atomic E-state index is 6.17. The van der Waals surface area contributed by atoms with Gasteiger partial charge in [0, 0.05) is 27.7 Å². The average molecular weight is 286 g/mol. The molecule has 0 radical (unpaired) electrons. The lowest BCUT2D eigenvalue weighted by Gasteiger charge is -2.11. The summed E-state index contributed by atoms with van der Waals surface area (Å²) < 4.78 is 5.92. The number of benzene rings is 1. The van der Waals surface area contributed by atoms with Gasteiger partial charge in [0.2, 0.25) is 0 Å². The third-order valence-electron chi connectivity index (χ3n) is 4.78. The number of fused-ring (bicyclic) bond motifs is 2. The van der Waals surface area contributed by atoms with Crippen LogP contribution < -0.4 is 5.32 Å². The van der Waals surface area contributed by atoms with E-state index in [4.69, 9.17) is 16.0 Å². The van der Waals surface area contributed by atoms with Crippen LogP contribution in [-0.4, -0.2) is 0 Å². The molecule has 2 nitrogen and oxygen atoms in total. The van der Waals surface area contributed by atoms with Crippen LogP contribution in [0.3, 0.4) is 0 Å². The van der Waals surface area contributed by atoms with Crippen LogP contribution in [0.2, 0.25) is 5.02 Å². The topological polar surface area (TPSA) is 25.2 Å². The maximum atomic E-state index is 6.17. The minimum Gasteiger partial charge on any atom is -0.466 e. The zero-order valence-electron chi connectivity index (χ0n) is 11.6. The summed E-state index contributed by atoms with van der Waals surface area (Å²) in [6, 6.07) is 8.17. The van der Waals surface area contributed by atoms with Gasteiger partial charge in [0.25, 0.3) is 0 Å². The second-order valence-electron chi connectivity index (χ2n) is 5.91. The van der Waals surface area contributed by atoms with E-state index in [9.17, 15) is 0 Å². The highest BCUT2D eigenvalue weighted by Crippen LogP contribution is 2.68. The van der Waals surface area contributed by atoms with Gasteiger partial charge in [-0.15, -0.1) is 0 Å². The molecule has 102 valence electrons. The number of halogens is 1. The Morgan fingerprint density at radius 3 is 2.85 bits per heavy atom. The summed E-state index contributed by atoms with van der Waals surface area (Å²) in [5, 5.41) is 4.18. The van der Waals surface area contributed by atoms with Crippen LogP contribution in [0.5, 0.6) is 0 Å². The highest BCUT2D eigenvalue weighted by molar-refractivity contribution is 6.30. The number of rotatable bonds is 1. The van der Waals surface area contributed by atoms with Crippen molar-refractivity contribution in [3.63, 3.8) is 0 Å². The molecule has 0 bridgehead atoms. The van der Waals surface area contributed by atoms with Crippen LogP contribution in [0.15, 0.2) is 41.0 Å². The molecule has 1 spiro atoms. The highest BCUT2D eigenvalue weighted by atomic mass is 35.5. The third-order valence-corrected chi connectivity index (χ3v) is 5.01. The molecular formula is C17H16ClNO. The molecule has 1 aliphatic heterocycles. The molecule has 4 rings (SSSR count). The van der Waals surface area contributed by atoms with Crippen molar-refractivity contribution in [3.05, 3.63) is 64.2 Å². The van der Waals surface area contributed by atoms with E-state index in [0.29, 0.717) is 5.92 Å². The normalized spacial score (nSPS) is 26.8. The summed E-state index contributed by atoms with van der Waals surface area (Å²) in [4.78, 5) is 0. The van der Waals surface area contributed by atoms with E-state index in [-0.39, 0.29) is 5.41 Å². The summed E-state index contributed by atoms with van der Waals surface area (Å²) in [6.45, 7) is 8.32. The second-order valence-corrected chi connectivity index (χ2v) is 6.35. The molecule has 2 unspecified atom stereocenters. The van der Waals surface area contributed by atoms with E-state index in [1.165, 1.54) is 11.1 Å². The fraction of sp³-hybridized carbons (Fsp3) is 0.294. The summed E-state index contributed by atoms with van der Waals surface area (Å²) >= 11 is 6.17. The van der Waals surface area contributed by atoms with Crippen LogP contribution in [0.25, 0.3) is 0 Å². The molecule has 2 heterocycles. The molecule has 1 fully saturated rings. The monoisotopic (exact) mass is 285 g/mol. The van der Waals surface area contributed by atoms with Crippen LogP contribution in [0, 0.1) is 13.8 Å². The molecule has 3 heteroatoms. The van der Waals surface area contributed by atoms with Crippen molar-refractivity contribution in [2.45, 2.75) is 31.6 Å². The molecule has 1 aromatic heterocycles. The fourth-order valence-electron chi connectivity index (χ4n) is 3.44. The minimum atomic E-state index is -0.0308. The van der Waals surface area contributed by atoms with E-state index >= 15 is 0 Å². The first-order valence-electron chi connectivity index (χ1n) is 6.86. The van der Waals surface area contributed by atoms with Gasteiger partial charge >= 0.3 is 0 Å². The number of hydrogen-bond donors (Lipinski definition) is 1. The molecule has 20 heavy (non-hydrogen) atoms. The Bertz CT molecular complexity index is 726. The standard InChI is InChI=1S/C17H16ClNO/c1-9-6-16(20-10(9)2)14-8-17(14)11(3)19-15-5-4-12(18)7-13(15)17/h4-7,14,19H,3,8H2,1-2H3. The molecule has 0 amide bonds. The van der Waals surface area contributed by atoms with Gasteiger partial charge in [-0.25, -0.2) is 0 Å². The lowest BCUT2D eigenvalue weighted by atomic mass is 9.92. The molecule has 1 N–H and O–H groups in total. The summed E-state index contributed by atoms with van der Waals surface area (Å²) in [5.41, 5.74) is 4.63. The molecule has 2 aromatic rings. The number of aryl methyl sites for hydroxylation is 2. The van der Waals surface area contributed by atoms with Crippen molar-refractivity contribution in [2.24, 2.45) is 0 Å². The summed E-state index contributed by atoms with van der Waals surface area (Å²) in [5.74, 6) is 2.44. The predicted molar refractivity (Wildman–Crippen MR) is 81.4 cm³/mol. The second kappa shape index (κ2) is 3.70. The Kier molecular flexibility index (Phi) is 2.24. The van der Waals surface area contributed by atoms with Crippen molar-refractivity contribution in [1.29, 1.82) is 0 Å². The Morgan fingerprint density at radius 1 is 1.35 bits per heavy atom. The van der Waals surface area contributed by atoms with E-state index < -0.39 is 0 Å². The Labute approximate surface area is 123 Å². The van der Waals surface area contributed by atoms with Gasteiger partial charge < -0.3 is 9.73 Å². The zero-order chi connectivity index (χ0) is 14.1. The van der Waals surface area contributed by atoms with Gasteiger partial charge in [-0.1, -0.05) is 18.2 Å². The summed E-state index contributed by atoms with van der Waals surface area (Å²) in [7, 11) is 0. The van der Waals surface area contributed by atoms with Gasteiger partial charge in [-0.2, -0.15) is 0 Å². The number of anilines is 1. The molecule has 1 saturated carbocycles. The molecule has 1 aromatic carbocycles. The number of furan rings is 1. The van der Waals surface area contributed by atoms with E-state index in [1.54, 1.807) is 0 Å². The van der Waals surface area contributed by atoms with Crippen molar-refractivity contribution < 1.29 is 4.42 Å². The van der Waals surface area contributed by atoms with Crippen molar-refractivity contribution in [3.8, 4) is 0 Å². The summed E-state index contributed by atoms with van der Waals surface area (Å²) in [6.07, 6.45) is 1.04. The van der Waals surface area contributed by atoms with Gasteiger partial charge in [-0.05, 0) is 55.7 Å². The van der Waals surface area contributed by atoms with E-state index in [2.05, 4.69) is 31.0 Å². The SMILES string of the molecule is C=C1Nc2ccc(Cl)cc2C12CC2c1cc(C)c(C)o1. The van der Waals surface area contributed by atoms with Crippen molar-refractivity contribution >= 4 is 17.3 Å². The Hall–Kier alpha value is -1.67. The van der Waals surface area contributed by atoms with Crippen LogP contribution in [0.4, 0.5) is 5.69 Å². The van der Waals surface area contributed by atoms with Crippen LogP contribution in [0.1, 0.15) is 35.0 Å². The average Bonchev–Trinajstić information content (AvgIpc) is 2.99. The lowest BCUT2D eigenvalue weighted by Crippen LogP contribution is -2.08. The molecule has 2 aliphatic rings. The highest BCUT2D eigenvalue weighted by Gasteiger charge is 2.63. The van der Waals surface area contributed by atoms with Gasteiger partial charge in [0.15, 0.2) is 0 Å². The van der Waals surface area contributed by atoms with Crippen LogP contribution in [-0.2, 0) is 5.41 Å². The number of nitrogens with one attached hydrogen (secondary N) is 1. The molecule has 2 atom stereocenters. The largest absolute Gasteiger partial charge is 0.466 e. The first kappa shape index (κ1) is 12.1. The van der Waals surface area contributed by atoms with Gasteiger partial charge in [0.1, 0.15) is 11.5 Å². The zero-order valence-corrected chi connectivity index (χ0v) is 12.3. The molecule has 1 aliphatic carbocycles. The minimum absolute atomic E-state index is 0.0308. The molecular weight excluding hydrogens is 270 g/mol. The maximum Gasteiger partial charge on any atom is 0.108 e.